The summed E-state index contributed by atoms with van der Waals surface area (Å²) in [6, 6.07) is 0.209. The second kappa shape index (κ2) is 5.95. The molecule has 0 spiro atoms. The van der Waals surface area contributed by atoms with Crippen LogP contribution >= 0.6 is 0 Å². The Morgan fingerprint density at radius 1 is 1.60 bits per heavy atom. The van der Waals surface area contributed by atoms with Crippen LogP contribution in [0.25, 0.3) is 0 Å². The van der Waals surface area contributed by atoms with Crippen LogP contribution in [-0.4, -0.2) is 34.1 Å². The average molecular weight is 279 g/mol. The molecule has 2 atom stereocenters. The molecular formula is C15H25N3O2. The first kappa shape index (κ1) is 15.0. The highest BCUT2D eigenvalue weighted by atomic mass is 16.5. The molecule has 1 saturated carbocycles. The number of aryl methyl sites for hydroxylation is 1. The summed E-state index contributed by atoms with van der Waals surface area (Å²) < 4.78 is 5.87. The summed E-state index contributed by atoms with van der Waals surface area (Å²) in [7, 11) is 0. The smallest absolute Gasteiger partial charge is 0.220 e. The van der Waals surface area contributed by atoms with Crippen LogP contribution in [0.5, 0.6) is 0 Å². The summed E-state index contributed by atoms with van der Waals surface area (Å²) >= 11 is 0. The number of nitrogens with one attached hydrogen (secondary N) is 2. The molecule has 0 bridgehead atoms. The quantitative estimate of drug-likeness (QED) is 0.837. The minimum Gasteiger partial charge on any atom is -0.375 e. The highest BCUT2D eigenvalue weighted by Gasteiger charge is 2.49. The van der Waals surface area contributed by atoms with Gasteiger partial charge in [0.05, 0.1) is 18.5 Å². The number of H-pyrrole nitrogens is 1. The molecule has 1 aromatic heterocycles. The maximum atomic E-state index is 12.0. The van der Waals surface area contributed by atoms with Crippen molar-refractivity contribution < 1.29 is 9.53 Å². The van der Waals surface area contributed by atoms with E-state index in [1.165, 1.54) is 0 Å². The van der Waals surface area contributed by atoms with Gasteiger partial charge in [-0.25, -0.2) is 4.98 Å². The molecular weight excluding hydrogens is 254 g/mol. The number of ether oxygens (including phenoxy) is 1. The maximum Gasteiger partial charge on any atom is 0.220 e. The number of rotatable bonds is 6. The highest BCUT2D eigenvalue weighted by Crippen LogP contribution is 2.43. The molecule has 1 heterocycles. The number of aromatic amines is 1. The number of carbonyl (C=O) groups excluding carboxylic acids is 1. The fraction of sp³-hybridized carbons (Fsp3) is 0.733. The standard InChI is InChI=1S/C15H25N3O2/c1-10(2)20-13-7-12(15(13,3)4)18-14(19)6-5-11-8-16-9-17-11/h8-10,12-13H,5-7H2,1-4H3,(H,16,17)(H,18,19). The number of hydrogen-bond donors (Lipinski definition) is 2. The van der Waals surface area contributed by atoms with Gasteiger partial charge in [0.25, 0.3) is 0 Å². The second-order valence-electron chi connectivity index (χ2n) is 6.43. The minimum atomic E-state index is 0.00785. The number of carbonyl (C=O) groups is 1. The molecule has 1 fully saturated rings. The molecule has 2 unspecified atom stereocenters. The number of hydrogen-bond acceptors (Lipinski definition) is 3. The van der Waals surface area contributed by atoms with Gasteiger partial charge < -0.3 is 15.0 Å². The van der Waals surface area contributed by atoms with Crippen LogP contribution in [0, 0.1) is 5.41 Å². The Morgan fingerprint density at radius 3 is 2.90 bits per heavy atom. The van der Waals surface area contributed by atoms with Crippen molar-refractivity contribution >= 4 is 5.91 Å². The van der Waals surface area contributed by atoms with E-state index < -0.39 is 0 Å². The Labute approximate surface area is 120 Å². The zero-order valence-corrected chi connectivity index (χ0v) is 12.8. The van der Waals surface area contributed by atoms with Crippen LogP contribution in [0.1, 0.15) is 46.2 Å². The SMILES string of the molecule is CC(C)OC1CC(NC(=O)CCc2cnc[nH]2)C1(C)C. The minimum absolute atomic E-state index is 0.00785. The van der Waals surface area contributed by atoms with Gasteiger partial charge in [0.2, 0.25) is 5.91 Å². The molecule has 0 saturated heterocycles. The fourth-order valence-corrected chi connectivity index (χ4v) is 2.63. The zero-order chi connectivity index (χ0) is 14.8. The largest absolute Gasteiger partial charge is 0.375 e. The molecule has 1 aliphatic rings. The van der Waals surface area contributed by atoms with Gasteiger partial charge in [-0.1, -0.05) is 13.8 Å². The van der Waals surface area contributed by atoms with Crippen LogP contribution in [0.2, 0.25) is 0 Å². The van der Waals surface area contributed by atoms with Crippen molar-refractivity contribution in [2.45, 2.75) is 65.2 Å². The van der Waals surface area contributed by atoms with Crippen LogP contribution in [0.3, 0.4) is 0 Å². The first-order valence-corrected chi connectivity index (χ1v) is 7.31. The van der Waals surface area contributed by atoms with Crippen LogP contribution < -0.4 is 5.32 Å². The number of imidazole rings is 1. The summed E-state index contributed by atoms with van der Waals surface area (Å²) in [6.07, 6.45) is 5.95. The van der Waals surface area contributed by atoms with Gasteiger partial charge in [0, 0.05) is 29.8 Å². The first-order chi connectivity index (χ1) is 9.39. The molecule has 0 aromatic carbocycles. The van der Waals surface area contributed by atoms with Gasteiger partial charge in [0.15, 0.2) is 0 Å². The van der Waals surface area contributed by atoms with Crippen LogP contribution in [0.15, 0.2) is 12.5 Å². The van der Waals surface area contributed by atoms with Gasteiger partial charge in [-0.3, -0.25) is 4.79 Å². The van der Waals surface area contributed by atoms with E-state index in [2.05, 4.69) is 29.1 Å². The Kier molecular flexibility index (Phi) is 4.48. The van der Waals surface area contributed by atoms with E-state index in [-0.39, 0.29) is 29.6 Å². The molecule has 1 aromatic rings. The predicted octanol–water partition coefficient (Wildman–Crippen LogP) is 2.05. The summed E-state index contributed by atoms with van der Waals surface area (Å²) in [5, 5.41) is 3.12. The molecule has 20 heavy (non-hydrogen) atoms. The third-order valence-corrected chi connectivity index (χ3v) is 4.13. The van der Waals surface area contributed by atoms with E-state index in [0.29, 0.717) is 12.8 Å². The van der Waals surface area contributed by atoms with Gasteiger partial charge in [-0.05, 0) is 26.7 Å². The van der Waals surface area contributed by atoms with Crippen molar-refractivity contribution in [3.05, 3.63) is 18.2 Å². The Bertz CT molecular complexity index is 440. The normalized spacial score (nSPS) is 24.4. The van der Waals surface area contributed by atoms with E-state index in [1.54, 1.807) is 12.5 Å². The van der Waals surface area contributed by atoms with Crippen LogP contribution in [0.4, 0.5) is 0 Å². The van der Waals surface area contributed by atoms with Crippen molar-refractivity contribution in [2.75, 3.05) is 0 Å². The van der Waals surface area contributed by atoms with Gasteiger partial charge >= 0.3 is 0 Å². The fourth-order valence-electron chi connectivity index (χ4n) is 2.63. The second-order valence-corrected chi connectivity index (χ2v) is 6.43. The Morgan fingerprint density at radius 2 is 2.35 bits per heavy atom. The molecule has 5 nitrogen and oxygen atoms in total. The van der Waals surface area contributed by atoms with Crippen LogP contribution in [-0.2, 0) is 16.0 Å². The average Bonchev–Trinajstić information content (AvgIpc) is 2.87. The molecule has 2 N–H and O–H groups in total. The number of nitrogens with zero attached hydrogens (tertiary/aromatic N) is 1. The van der Waals surface area contributed by atoms with Gasteiger partial charge in [0.1, 0.15) is 0 Å². The molecule has 5 heteroatoms. The van der Waals surface area contributed by atoms with E-state index in [1.807, 2.05) is 13.8 Å². The summed E-state index contributed by atoms with van der Waals surface area (Å²) in [5.74, 6) is 0.0978. The van der Waals surface area contributed by atoms with Crippen molar-refractivity contribution in [1.82, 2.24) is 15.3 Å². The lowest BCUT2D eigenvalue weighted by Gasteiger charge is -2.52. The molecule has 2 rings (SSSR count). The lowest BCUT2D eigenvalue weighted by Crippen LogP contribution is -2.62. The third kappa shape index (κ3) is 3.39. The molecule has 1 aliphatic carbocycles. The number of aromatic nitrogens is 2. The summed E-state index contributed by atoms with van der Waals surface area (Å²) in [4.78, 5) is 18.9. The number of amides is 1. The lowest BCUT2D eigenvalue weighted by molar-refractivity contribution is -0.148. The predicted molar refractivity (Wildman–Crippen MR) is 77.2 cm³/mol. The van der Waals surface area contributed by atoms with Gasteiger partial charge in [-0.15, -0.1) is 0 Å². The Hall–Kier alpha value is -1.36. The van der Waals surface area contributed by atoms with Crippen molar-refractivity contribution in [2.24, 2.45) is 5.41 Å². The molecule has 1 amide bonds. The maximum absolute atomic E-state index is 12.0. The topological polar surface area (TPSA) is 67.0 Å². The molecule has 0 radical (unpaired) electrons. The summed E-state index contributed by atoms with van der Waals surface area (Å²) in [6.45, 7) is 8.41. The van der Waals surface area contributed by atoms with Crippen molar-refractivity contribution in [3.8, 4) is 0 Å². The van der Waals surface area contributed by atoms with E-state index in [9.17, 15) is 4.79 Å². The first-order valence-electron chi connectivity index (χ1n) is 7.31. The third-order valence-electron chi connectivity index (χ3n) is 4.13. The van der Waals surface area contributed by atoms with Gasteiger partial charge in [-0.2, -0.15) is 0 Å². The van der Waals surface area contributed by atoms with Crippen molar-refractivity contribution in [1.29, 1.82) is 0 Å². The monoisotopic (exact) mass is 279 g/mol. The van der Waals surface area contributed by atoms with E-state index in [0.717, 1.165) is 12.1 Å². The van der Waals surface area contributed by atoms with Crippen molar-refractivity contribution in [3.63, 3.8) is 0 Å². The zero-order valence-electron chi connectivity index (χ0n) is 12.8. The van der Waals surface area contributed by atoms with E-state index in [4.69, 9.17) is 4.74 Å². The lowest BCUT2D eigenvalue weighted by atomic mass is 9.64. The molecule has 0 aliphatic heterocycles. The Balaban J connectivity index is 1.75. The highest BCUT2D eigenvalue weighted by molar-refractivity contribution is 5.76. The molecule has 112 valence electrons. The summed E-state index contributed by atoms with van der Waals surface area (Å²) in [5.41, 5.74) is 1.00. The van der Waals surface area contributed by atoms with E-state index >= 15 is 0 Å².